The van der Waals surface area contributed by atoms with Gasteiger partial charge >= 0.3 is 10.1 Å². The molecule has 1 fully saturated rings. The monoisotopic (exact) mass is 294 g/mol. The first kappa shape index (κ1) is 14.1. The van der Waals surface area contributed by atoms with Crippen LogP contribution in [-0.4, -0.2) is 50.9 Å². The van der Waals surface area contributed by atoms with Crippen LogP contribution in [0.2, 0.25) is 0 Å². The third-order valence-electron chi connectivity index (χ3n) is 2.97. The van der Waals surface area contributed by atoms with Gasteiger partial charge < -0.3 is 9.80 Å². The van der Waals surface area contributed by atoms with Crippen molar-refractivity contribution in [2.75, 3.05) is 20.6 Å². The van der Waals surface area contributed by atoms with Crippen molar-refractivity contribution in [3.63, 3.8) is 0 Å². The Hall–Kier alpha value is -2.27. The molecule has 0 radical (unpaired) electrons. The molecule has 0 amide bonds. The van der Waals surface area contributed by atoms with Gasteiger partial charge in [-0.15, -0.1) is 0 Å². The average Bonchev–Trinajstić information content (AvgIpc) is 2.72. The number of hydrogen-bond acceptors (Lipinski definition) is 5. The van der Waals surface area contributed by atoms with E-state index >= 15 is 0 Å². The molecule has 0 bridgehead atoms. The van der Waals surface area contributed by atoms with Gasteiger partial charge in [-0.25, -0.2) is 0 Å². The van der Waals surface area contributed by atoms with Crippen molar-refractivity contribution in [2.45, 2.75) is 10.9 Å². The number of nitrogens with zero attached hydrogens (tertiary/aromatic N) is 4. The lowest BCUT2D eigenvalue weighted by molar-refractivity contribution is 0.322. The van der Waals surface area contributed by atoms with Crippen molar-refractivity contribution >= 4 is 16.1 Å². The predicted octanol–water partition coefficient (Wildman–Crippen LogP) is 0.432. The first-order valence-corrected chi connectivity index (χ1v) is 7.27. The summed E-state index contributed by atoms with van der Waals surface area (Å²) in [6.45, 7) is 0.445. The van der Waals surface area contributed by atoms with E-state index < -0.39 is 10.1 Å². The lowest BCUT2D eigenvalue weighted by atomic mass is 10.3. The van der Waals surface area contributed by atoms with Crippen LogP contribution in [0.4, 0.5) is 0 Å². The summed E-state index contributed by atoms with van der Waals surface area (Å²) in [5, 5.41) is 12.6. The molecular formula is C12H14N4O3S. The maximum atomic E-state index is 11.9. The van der Waals surface area contributed by atoms with E-state index in [1.807, 2.05) is 0 Å². The highest BCUT2D eigenvalue weighted by Gasteiger charge is 2.31. The molecule has 0 N–H and O–H groups in total. The molecule has 1 heterocycles. The van der Waals surface area contributed by atoms with Crippen molar-refractivity contribution in [3.8, 4) is 6.07 Å². The number of nitriles is 1. The van der Waals surface area contributed by atoms with Gasteiger partial charge in [0.1, 0.15) is 10.9 Å². The van der Waals surface area contributed by atoms with Gasteiger partial charge in [0.2, 0.25) is 5.96 Å². The maximum absolute atomic E-state index is 11.9. The Kier molecular flexibility index (Phi) is 3.81. The van der Waals surface area contributed by atoms with Crippen molar-refractivity contribution in [2.24, 2.45) is 5.16 Å². The Balaban J connectivity index is 2.20. The summed E-state index contributed by atoms with van der Waals surface area (Å²) in [7, 11) is -0.568. The number of oxime groups is 1. The molecule has 0 aliphatic carbocycles. The van der Waals surface area contributed by atoms with Crippen LogP contribution < -0.4 is 0 Å². The Morgan fingerprint density at radius 1 is 1.35 bits per heavy atom. The average molecular weight is 294 g/mol. The number of rotatable bonds is 3. The van der Waals surface area contributed by atoms with Crippen LogP contribution in [0.3, 0.4) is 0 Å². The van der Waals surface area contributed by atoms with Crippen LogP contribution in [0.5, 0.6) is 0 Å². The van der Waals surface area contributed by atoms with Crippen LogP contribution in [-0.2, 0) is 14.4 Å². The number of benzene rings is 1. The smallest absolute Gasteiger partial charge is 0.340 e. The lowest BCUT2D eigenvalue weighted by Crippen LogP contribution is -2.31. The summed E-state index contributed by atoms with van der Waals surface area (Å²) in [5.41, 5.74) is 0. The summed E-state index contributed by atoms with van der Waals surface area (Å²) in [6, 6.07) is 9.49. The fourth-order valence-corrected chi connectivity index (χ4v) is 2.59. The quantitative estimate of drug-likeness (QED) is 0.752. The summed E-state index contributed by atoms with van der Waals surface area (Å²) in [5.74, 6) is 0.302. The Morgan fingerprint density at radius 3 is 2.55 bits per heavy atom. The fraction of sp³-hybridized carbons (Fsp3) is 0.333. The standard InChI is InChI=1S/C12H14N4O3S/c1-15-9-10(8-13)16(2)12(15)14-19-20(17,18)11-6-4-3-5-7-11/h3-7,10H,9H2,1-2H3. The van der Waals surface area contributed by atoms with Crippen molar-refractivity contribution in [1.82, 2.24) is 9.80 Å². The number of guanidine groups is 1. The molecular weight excluding hydrogens is 280 g/mol. The van der Waals surface area contributed by atoms with Gasteiger partial charge in [-0.1, -0.05) is 18.2 Å². The molecule has 2 rings (SSSR count). The lowest BCUT2D eigenvalue weighted by Gasteiger charge is -2.15. The van der Waals surface area contributed by atoms with E-state index in [9.17, 15) is 8.42 Å². The number of likely N-dealkylation sites (N-methyl/N-ethyl adjacent to an activating group) is 2. The van der Waals surface area contributed by atoms with Gasteiger partial charge in [0.05, 0.1) is 12.6 Å². The van der Waals surface area contributed by atoms with Crippen LogP contribution >= 0.6 is 0 Å². The maximum Gasteiger partial charge on any atom is 0.358 e. The summed E-state index contributed by atoms with van der Waals surface area (Å²) >= 11 is 0. The molecule has 1 saturated heterocycles. The largest absolute Gasteiger partial charge is 0.358 e. The third-order valence-corrected chi connectivity index (χ3v) is 4.09. The Bertz CT molecular complexity index is 651. The second-order valence-corrected chi connectivity index (χ2v) is 5.90. The summed E-state index contributed by atoms with van der Waals surface area (Å²) in [4.78, 5) is 3.26. The van der Waals surface area contributed by atoms with Crippen LogP contribution in [0.1, 0.15) is 0 Å². The molecule has 0 aromatic heterocycles. The molecule has 7 nitrogen and oxygen atoms in total. The second-order valence-electron chi connectivity index (χ2n) is 4.37. The van der Waals surface area contributed by atoms with Gasteiger partial charge in [-0.05, 0) is 17.3 Å². The molecule has 1 atom stereocenters. The molecule has 1 aromatic rings. The first-order valence-electron chi connectivity index (χ1n) is 5.86. The molecule has 1 aliphatic heterocycles. The minimum Gasteiger partial charge on any atom is -0.340 e. The predicted molar refractivity (Wildman–Crippen MR) is 71.9 cm³/mol. The highest BCUT2D eigenvalue weighted by molar-refractivity contribution is 7.86. The zero-order valence-electron chi connectivity index (χ0n) is 11.1. The first-order chi connectivity index (χ1) is 9.45. The Labute approximate surface area is 117 Å². The van der Waals surface area contributed by atoms with Crippen LogP contribution in [0.15, 0.2) is 40.4 Å². The minimum absolute atomic E-state index is 0.0319. The van der Waals surface area contributed by atoms with Gasteiger partial charge in [0.15, 0.2) is 0 Å². The zero-order valence-corrected chi connectivity index (χ0v) is 11.9. The van der Waals surface area contributed by atoms with E-state index in [0.29, 0.717) is 12.5 Å². The van der Waals surface area contributed by atoms with E-state index in [-0.39, 0.29) is 10.9 Å². The topological polar surface area (TPSA) is 86.0 Å². The van der Waals surface area contributed by atoms with Crippen molar-refractivity contribution in [3.05, 3.63) is 30.3 Å². The van der Waals surface area contributed by atoms with Crippen molar-refractivity contribution in [1.29, 1.82) is 5.26 Å². The van der Waals surface area contributed by atoms with E-state index in [4.69, 9.17) is 9.55 Å². The second kappa shape index (κ2) is 5.38. The van der Waals surface area contributed by atoms with Gasteiger partial charge in [0.25, 0.3) is 0 Å². The van der Waals surface area contributed by atoms with Gasteiger partial charge in [0, 0.05) is 14.1 Å². The highest BCUT2D eigenvalue weighted by Crippen LogP contribution is 2.15. The van der Waals surface area contributed by atoms with E-state index in [1.165, 1.54) is 12.1 Å². The molecule has 1 aromatic carbocycles. The zero-order chi connectivity index (χ0) is 14.8. The van der Waals surface area contributed by atoms with Crippen LogP contribution in [0.25, 0.3) is 0 Å². The summed E-state index contributed by atoms with van der Waals surface area (Å²) < 4.78 is 28.5. The van der Waals surface area contributed by atoms with Crippen molar-refractivity contribution < 1.29 is 12.7 Å². The summed E-state index contributed by atoms with van der Waals surface area (Å²) in [6.07, 6.45) is 0. The molecule has 8 heteroatoms. The molecule has 106 valence electrons. The molecule has 1 unspecified atom stereocenters. The Morgan fingerprint density at radius 2 is 2.00 bits per heavy atom. The van der Waals surface area contributed by atoms with Gasteiger partial charge in [-0.3, -0.25) is 4.28 Å². The normalized spacial score (nSPS) is 21.1. The minimum atomic E-state index is -3.94. The van der Waals surface area contributed by atoms with E-state index in [2.05, 4.69) is 11.2 Å². The van der Waals surface area contributed by atoms with Gasteiger partial charge in [-0.2, -0.15) is 13.7 Å². The number of hydrogen-bond donors (Lipinski definition) is 0. The SMILES string of the molecule is CN1CC(C#N)N(C)C1=NOS(=O)(=O)c1ccccc1. The molecule has 20 heavy (non-hydrogen) atoms. The van der Waals surface area contributed by atoms with E-state index in [1.54, 1.807) is 42.1 Å². The molecule has 0 saturated carbocycles. The fourth-order valence-electron chi connectivity index (χ4n) is 1.85. The highest BCUT2D eigenvalue weighted by atomic mass is 32.2. The third kappa shape index (κ3) is 2.67. The van der Waals surface area contributed by atoms with Crippen LogP contribution in [0, 0.1) is 11.3 Å². The van der Waals surface area contributed by atoms with E-state index in [0.717, 1.165) is 0 Å². The molecule has 0 spiro atoms. The molecule has 1 aliphatic rings.